The molecule has 0 aromatic rings. The number of likely N-dealkylation sites (N-methyl/N-ethyl adjacent to an activating group) is 1. The number of rotatable bonds is 58. The van der Waals surface area contributed by atoms with E-state index in [-0.39, 0.29) is 18.9 Å². The molecule has 0 rings (SSSR count). The number of phosphoric acid groups is 1. The first kappa shape index (κ1) is 75.2. The maximum Gasteiger partial charge on any atom is 0.306 e. The third-order valence-corrected chi connectivity index (χ3v) is 15.0. The van der Waals surface area contributed by atoms with E-state index in [2.05, 4.69) is 99.0 Å². The third kappa shape index (κ3) is 57.9. The molecule has 0 aromatic heterocycles. The molecule has 0 spiro atoms. The number of amides is 1. The lowest BCUT2D eigenvalue weighted by Crippen LogP contribution is -2.47. The molecule has 9 nitrogen and oxygen atoms in total. The Morgan fingerprint density at radius 2 is 0.833 bits per heavy atom. The molecule has 0 heterocycles. The first-order valence-corrected chi connectivity index (χ1v) is 33.9. The van der Waals surface area contributed by atoms with Gasteiger partial charge in [-0.15, -0.1) is 0 Å². The Morgan fingerprint density at radius 3 is 1.27 bits per heavy atom. The molecule has 1 N–H and O–H groups in total. The van der Waals surface area contributed by atoms with Crippen LogP contribution in [0.2, 0.25) is 0 Å². The monoisotopic (exact) mass is 1110 g/mol. The maximum absolute atomic E-state index is 13.6. The molecule has 0 aliphatic heterocycles. The predicted octanol–water partition coefficient (Wildman–Crippen LogP) is 19.5. The Hall–Kier alpha value is -2.81. The van der Waals surface area contributed by atoms with E-state index >= 15 is 0 Å². The van der Waals surface area contributed by atoms with Crippen molar-refractivity contribution in [2.75, 3.05) is 40.9 Å². The SMILES string of the molecule is CC/C=C\C/C=C\C/C=C\C/C=C\C/C=C\CCCC(=O)OC(/C=C\CCCCCCCCCCCC)C(COP(=O)([O-])OCC[N+](C)(C)C)NC(=O)CCCCCCCCCCCCCCC/C=C/CCCCCCCC. The topological polar surface area (TPSA) is 114 Å². The van der Waals surface area contributed by atoms with Gasteiger partial charge in [-0.3, -0.25) is 14.2 Å². The highest BCUT2D eigenvalue weighted by Crippen LogP contribution is 2.38. The highest BCUT2D eigenvalue weighted by Gasteiger charge is 2.27. The van der Waals surface area contributed by atoms with Gasteiger partial charge in [-0.05, 0) is 96.0 Å². The summed E-state index contributed by atoms with van der Waals surface area (Å²) in [5, 5.41) is 3.02. The number of phosphoric ester groups is 1. The molecule has 10 heteroatoms. The number of nitrogens with one attached hydrogen (secondary N) is 1. The number of carbonyl (C=O) groups is 2. The second-order valence-electron chi connectivity index (χ2n) is 22.9. The lowest BCUT2D eigenvalue weighted by Gasteiger charge is -2.30. The average molecular weight is 1110 g/mol. The van der Waals surface area contributed by atoms with Gasteiger partial charge in [0.1, 0.15) is 19.3 Å². The van der Waals surface area contributed by atoms with Crippen LogP contribution in [-0.2, 0) is 27.9 Å². The van der Waals surface area contributed by atoms with Gasteiger partial charge in [0.15, 0.2) is 0 Å². The third-order valence-electron chi connectivity index (χ3n) is 14.1. The summed E-state index contributed by atoms with van der Waals surface area (Å²) >= 11 is 0. The molecule has 3 unspecified atom stereocenters. The van der Waals surface area contributed by atoms with Crippen molar-refractivity contribution in [1.29, 1.82) is 0 Å². The molecule has 0 fully saturated rings. The van der Waals surface area contributed by atoms with E-state index in [0.717, 1.165) is 77.0 Å². The molecular weight excluding hydrogens is 988 g/mol. The molecule has 0 saturated carbocycles. The Bertz CT molecular complexity index is 1610. The van der Waals surface area contributed by atoms with Gasteiger partial charge in [0.2, 0.25) is 5.91 Å². The van der Waals surface area contributed by atoms with Gasteiger partial charge >= 0.3 is 5.97 Å². The molecule has 1 amide bonds. The first-order valence-electron chi connectivity index (χ1n) is 32.4. The Balaban J connectivity index is 5.23. The molecule has 0 radical (unpaired) electrons. The smallest absolute Gasteiger partial charge is 0.306 e. The van der Waals surface area contributed by atoms with E-state index in [0.29, 0.717) is 23.9 Å². The number of carbonyl (C=O) groups excluding carboxylic acids is 2. The first-order chi connectivity index (χ1) is 37.9. The molecule has 78 heavy (non-hydrogen) atoms. The van der Waals surface area contributed by atoms with Crippen LogP contribution in [0.15, 0.2) is 85.1 Å². The average Bonchev–Trinajstić information content (AvgIpc) is 3.40. The van der Waals surface area contributed by atoms with E-state index in [9.17, 15) is 19.0 Å². The Kier molecular flexibility index (Phi) is 55.4. The van der Waals surface area contributed by atoms with Gasteiger partial charge in [0, 0.05) is 12.8 Å². The molecule has 452 valence electrons. The number of allylic oxidation sites excluding steroid dienone is 13. The zero-order chi connectivity index (χ0) is 57.2. The van der Waals surface area contributed by atoms with Crippen LogP contribution in [-0.4, -0.2) is 69.4 Å². The summed E-state index contributed by atoms with van der Waals surface area (Å²) in [5.41, 5.74) is 0. The zero-order valence-electron chi connectivity index (χ0n) is 51.6. The number of nitrogens with zero attached hydrogens (tertiary/aromatic N) is 1. The highest BCUT2D eigenvalue weighted by atomic mass is 31.2. The van der Waals surface area contributed by atoms with Crippen molar-refractivity contribution in [3.05, 3.63) is 85.1 Å². The molecule has 0 aliphatic carbocycles. The quantitative estimate of drug-likeness (QED) is 0.0212. The van der Waals surface area contributed by atoms with Crippen LogP contribution in [0, 0.1) is 0 Å². The summed E-state index contributed by atoms with van der Waals surface area (Å²) in [7, 11) is 1.15. The highest BCUT2D eigenvalue weighted by molar-refractivity contribution is 7.45. The summed E-state index contributed by atoms with van der Waals surface area (Å²) in [5.74, 6) is -0.606. The van der Waals surface area contributed by atoms with Crippen LogP contribution < -0.4 is 10.2 Å². The predicted molar refractivity (Wildman–Crippen MR) is 335 cm³/mol. The maximum atomic E-state index is 13.6. The van der Waals surface area contributed by atoms with Gasteiger partial charge in [-0.2, -0.15) is 0 Å². The number of ether oxygens (including phenoxy) is 1. The van der Waals surface area contributed by atoms with Crippen molar-refractivity contribution < 1.29 is 37.3 Å². The van der Waals surface area contributed by atoms with E-state index in [1.54, 1.807) is 0 Å². The van der Waals surface area contributed by atoms with Crippen molar-refractivity contribution in [2.24, 2.45) is 0 Å². The minimum absolute atomic E-state index is 0.0335. The summed E-state index contributed by atoms with van der Waals surface area (Å²) in [6.07, 6.45) is 75.7. The number of unbranched alkanes of at least 4 members (excludes halogenated alkanes) is 30. The zero-order valence-corrected chi connectivity index (χ0v) is 52.5. The second-order valence-corrected chi connectivity index (χ2v) is 24.3. The van der Waals surface area contributed by atoms with Gasteiger partial charge in [0.05, 0.1) is 33.8 Å². The lowest BCUT2D eigenvalue weighted by molar-refractivity contribution is -0.870. The lowest BCUT2D eigenvalue weighted by atomic mass is 10.0. The fraction of sp³-hybridized carbons (Fsp3) is 0.765. The van der Waals surface area contributed by atoms with E-state index in [1.807, 2.05) is 33.3 Å². The summed E-state index contributed by atoms with van der Waals surface area (Å²) in [6, 6.07) is -0.914. The largest absolute Gasteiger partial charge is 0.756 e. The van der Waals surface area contributed by atoms with Crippen molar-refractivity contribution in [3.8, 4) is 0 Å². The normalized spacial score (nSPS) is 14.2. The fourth-order valence-corrected chi connectivity index (χ4v) is 9.81. The van der Waals surface area contributed by atoms with Crippen molar-refractivity contribution in [1.82, 2.24) is 5.32 Å². The summed E-state index contributed by atoms with van der Waals surface area (Å²) in [4.78, 5) is 40.0. The van der Waals surface area contributed by atoms with Crippen molar-refractivity contribution in [3.63, 3.8) is 0 Å². The number of quaternary nitrogens is 1. The van der Waals surface area contributed by atoms with Crippen LogP contribution in [0.3, 0.4) is 0 Å². The number of hydrogen-bond donors (Lipinski definition) is 1. The van der Waals surface area contributed by atoms with Gasteiger partial charge in [-0.25, -0.2) is 0 Å². The van der Waals surface area contributed by atoms with Crippen LogP contribution in [0.1, 0.15) is 284 Å². The molecule has 0 aromatic carbocycles. The van der Waals surface area contributed by atoms with E-state index in [4.69, 9.17) is 13.8 Å². The number of hydrogen-bond acceptors (Lipinski definition) is 7. The van der Waals surface area contributed by atoms with Crippen LogP contribution in [0.4, 0.5) is 0 Å². The van der Waals surface area contributed by atoms with Crippen LogP contribution in [0.5, 0.6) is 0 Å². The standard InChI is InChI=1S/C68H123N2O7P/c1-7-10-13-16-19-22-25-28-30-32-33-34-35-36-37-39-40-42-45-48-51-54-57-60-67(71)69-65(64-76-78(73,74)75-63-62-70(4,5)6)66(59-56-53-50-47-44-27-24-21-18-15-12-9-3)77-68(72)61-58-55-52-49-46-43-41-38-31-29-26-23-20-17-14-11-8-2/h11,14,20,23,28-31,41,43,49,52,56,59,65-66H,7-10,12-13,15-19,21-22,24-27,32-40,42,44-48,50-51,53-55,57-58,60-64H2,1-6H3,(H-,69,71,73,74)/b14-11-,23-20-,30-28+,31-29-,43-41-,52-49-,59-56-. The van der Waals surface area contributed by atoms with Gasteiger partial charge < -0.3 is 28.5 Å². The molecule has 0 saturated heterocycles. The van der Waals surface area contributed by atoms with Gasteiger partial charge in [-0.1, -0.05) is 260 Å². The minimum atomic E-state index is -4.72. The van der Waals surface area contributed by atoms with Crippen molar-refractivity contribution in [2.45, 2.75) is 296 Å². The Morgan fingerprint density at radius 1 is 0.462 bits per heavy atom. The molecule has 0 aliphatic rings. The van der Waals surface area contributed by atoms with Crippen molar-refractivity contribution >= 4 is 19.7 Å². The molecule has 3 atom stereocenters. The van der Waals surface area contributed by atoms with Crippen LogP contribution in [0.25, 0.3) is 0 Å². The van der Waals surface area contributed by atoms with E-state index < -0.39 is 32.5 Å². The molecule has 0 bridgehead atoms. The fourth-order valence-electron chi connectivity index (χ4n) is 9.08. The Labute approximate surface area is 482 Å². The van der Waals surface area contributed by atoms with E-state index in [1.165, 1.54) is 167 Å². The van der Waals surface area contributed by atoms with Crippen LogP contribution >= 0.6 is 7.82 Å². The summed E-state index contributed by atoms with van der Waals surface area (Å²) in [6.45, 7) is 6.70. The second kappa shape index (κ2) is 57.4. The minimum Gasteiger partial charge on any atom is -0.756 e. The number of esters is 1. The van der Waals surface area contributed by atoms with Gasteiger partial charge in [0.25, 0.3) is 7.82 Å². The summed E-state index contributed by atoms with van der Waals surface area (Å²) < 4.78 is 30.3. The molecular formula is C68H123N2O7P.